The summed E-state index contributed by atoms with van der Waals surface area (Å²) in [7, 11) is -8.97. The highest BCUT2D eigenvalue weighted by Crippen LogP contribution is 2.28. The molecular formula is C26H36O20S4. The number of benzene rings is 2. The molecule has 0 radical (unpaired) electrons. The minimum Gasteiger partial charge on any atom is -0.491 e. The van der Waals surface area contributed by atoms with E-state index in [1.165, 1.54) is 36.4 Å². The first-order valence-electron chi connectivity index (χ1n) is 13.9. The van der Waals surface area contributed by atoms with E-state index in [1.807, 2.05) is 0 Å². The monoisotopic (exact) mass is 796 g/mol. The molecule has 4 atom stereocenters. The standard InChI is InChI=1S/C26H36O20S4/c27-19(13-47-45-43-31)9-39-23-3-17(5-25(7-23)41-11-21(29)15-49(33,34)35)1-2-18-4-24(40-10-20(28)14-48-46-44-32)8-26(6-18)42-12-22(30)16-50(36,37)38/h1-8,19-22,27-32H,9-16H2,(H,33,34,35)(H,36,37,38). The number of rotatable bonds is 26. The van der Waals surface area contributed by atoms with Crippen LogP contribution in [0.1, 0.15) is 11.1 Å². The van der Waals surface area contributed by atoms with Gasteiger partial charge in [0.25, 0.3) is 20.2 Å². The number of aliphatic hydroxyl groups excluding tert-OH is 4. The molecule has 2 aromatic carbocycles. The molecule has 24 heteroatoms. The molecule has 2 aromatic rings. The molecular weight excluding hydrogens is 761 g/mol. The molecule has 0 amide bonds. The summed E-state index contributed by atoms with van der Waals surface area (Å²) >= 11 is 1.20. The summed E-state index contributed by atoms with van der Waals surface area (Å²) in [5.74, 6) is -1.56. The Kier molecular flexibility index (Phi) is 19.6. The minimum absolute atomic E-state index is 0.0539. The van der Waals surface area contributed by atoms with Crippen molar-refractivity contribution in [3.63, 3.8) is 0 Å². The molecule has 284 valence electrons. The number of hydrogen-bond donors (Lipinski definition) is 8. The summed E-state index contributed by atoms with van der Waals surface area (Å²) in [6.07, 6.45) is -2.21. The maximum absolute atomic E-state index is 11.1. The highest BCUT2D eigenvalue weighted by molar-refractivity contribution is 7.94. The Morgan fingerprint density at radius 3 is 1.12 bits per heavy atom. The third kappa shape index (κ3) is 20.4. The third-order valence-electron chi connectivity index (χ3n) is 5.53. The van der Waals surface area contributed by atoms with Crippen LogP contribution in [0.4, 0.5) is 0 Å². The van der Waals surface area contributed by atoms with Crippen LogP contribution < -0.4 is 18.9 Å². The Morgan fingerprint density at radius 1 is 0.540 bits per heavy atom. The molecule has 0 saturated carbocycles. The summed E-state index contributed by atoms with van der Waals surface area (Å²) in [6, 6.07) is 8.78. The Hall–Kier alpha value is -2.50. The van der Waals surface area contributed by atoms with Gasteiger partial charge < -0.3 is 39.4 Å². The lowest BCUT2D eigenvalue weighted by molar-refractivity contribution is -0.432. The van der Waals surface area contributed by atoms with Crippen molar-refractivity contribution in [2.75, 3.05) is 49.4 Å². The van der Waals surface area contributed by atoms with Gasteiger partial charge in [-0.3, -0.25) is 9.11 Å². The maximum atomic E-state index is 11.1. The average Bonchev–Trinajstić information content (AvgIpc) is 3.02. The van der Waals surface area contributed by atoms with Gasteiger partial charge in [0.15, 0.2) is 0 Å². The molecule has 2 rings (SSSR count). The van der Waals surface area contributed by atoms with Gasteiger partial charge in [-0.15, -0.1) is 8.67 Å². The van der Waals surface area contributed by atoms with Crippen LogP contribution in [-0.4, -0.2) is 131 Å². The summed E-state index contributed by atoms with van der Waals surface area (Å²) in [5, 5.41) is 63.4. The highest BCUT2D eigenvalue weighted by atomic mass is 32.2. The second-order valence-electron chi connectivity index (χ2n) is 10.0. The van der Waals surface area contributed by atoms with Gasteiger partial charge in [-0.1, -0.05) is 22.2 Å². The second-order valence-corrected chi connectivity index (χ2v) is 14.4. The molecule has 0 spiro atoms. The van der Waals surface area contributed by atoms with Crippen molar-refractivity contribution in [2.45, 2.75) is 24.4 Å². The minimum atomic E-state index is -4.49. The SMILES string of the molecule is O=S(=O)(O)CC(O)COc1cc(C=Cc2cc(OCC(O)CSOOO)cc(OCC(O)CS(=O)(=O)O)c2)cc(OCC(O)CSOOO)c1. The Morgan fingerprint density at radius 2 is 0.840 bits per heavy atom. The highest BCUT2D eigenvalue weighted by Gasteiger charge is 2.17. The van der Waals surface area contributed by atoms with Gasteiger partial charge in [-0.2, -0.15) is 16.8 Å². The van der Waals surface area contributed by atoms with Gasteiger partial charge in [0.1, 0.15) is 73.1 Å². The largest absolute Gasteiger partial charge is 0.491 e. The van der Waals surface area contributed by atoms with Gasteiger partial charge in [0, 0.05) is 36.2 Å². The molecule has 8 N–H and O–H groups in total. The van der Waals surface area contributed by atoms with Crippen LogP contribution in [0.2, 0.25) is 0 Å². The fourth-order valence-corrected chi connectivity index (χ4v) is 5.48. The number of aliphatic hydroxyl groups is 4. The molecule has 20 nitrogen and oxygen atoms in total. The zero-order chi connectivity index (χ0) is 37.2. The van der Waals surface area contributed by atoms with Gasteiger partial charge in [-0.25, -0.2) is 10.5 Å². The Bertz CT molecular complexity index is 1430. The van der Waals surface area contributed by atoms with Crippen LogP contribution in [0.15, 0.2) is 36.4 Å². The van der Waals surface area contributed by atoms with E-state index in [0.29, 0.717) is 35.2 Å². The average molecular weight is 797 g/mol. The molecule has 0 bridgehead atoms. The normalized spacial score (nSPS) is 14.6. The van der Waals surface area contributed by atoms with E-state index in [4.69, 9.17) is 38.6 Å². The van der Waals surface area contributed by atoms with E-state index in [9.17, 15) is 37.3 Å². The molecule has 0 aliphatic rings. The molecule has 0 aliphatic heterocycles. The van der Waals surface area contributed by atoms with E-state index in [2.05, 4.69) is 18.7 Å². The molecule has 4 unspecified atom stereocenters. The Labute approximate surface area is 294 Å². The fraction of sp³-hybridized carbons (Fsp3) is 0.462. The van der Waals surface area contributed by atoms with Crippen molar-refractivity contribution < 1.29 is 94.6 Å². The third-order valence-corrected chi connectivity index (χ3v) is 8.49. The zero-order valence-electron chi connectivity index (χ0n) is 25.7. The van der Waals surface area contributed by atoms with E-state index >= 15 is 0 Å². The smallest absolute Gasteiger partial charge is 0.267 e. The number of ether oxygens (including phenoxy) is 4. The van der Waals surface area contributed by atoms with Crippen LogP contribution in [-0.2, 0) is 39.0 Å². The van der Waals surface area contributed by atoms with Gasteiger partial charge in [0.2, 0.25) is 0 Å². The van der Waals surface area contributed by atoms with Crippen molar-refractivity contribution in [2.24, 2.45) is 0 Å². The van der Waals surface area contributed by atoms with Crippen LogP contribution >= 0.6 is 24.1 Å². The van der Waals surface area contributed by atoms with Crippen LogP contribution in [0.5, 0.6) is 23.0 Å². The summed E-state index contributed by atoms with van der Waals surface area (Å²) in [6.45, 7) is -1.58. The first kappa shape index (κ1) is 43.7. The topological polar surface area (TPSA) is 304 Å². The van der Waals surface area contributed by atoms with Crippen molar-refractivity contribution in [3.05, 3.63) is 47.5 Å². The molecule has 0 aromatic heterocycles. The summed E-state index contributed by atoms with van der Waals surface area (Å²) in [5.41, 5.74) is 0.831. The van der Waals surface area contributed by atoms with Crippen LogP contribution in [0.3, 0.4) is 0 Å². The summed E-state index contributed by atoms with van der Waals surface area (Å²) in [4.78, 5) is 0. The van der Waals surface area contributed by atoms with Crippen molar-refractivity contribution >= 4 is 56.5 Å². The van der Waals surface area contributed by atoms with Gasteiger partial charge in [-0.05, 0) is 35.4 Å². The van der Waals surface area contributed by atoms with Crippen LogP contribution in [0, 0.1) is 0 Å². The molecule has 50 heavy (non-hydrogen) atoms. The lowest BCUT2D eigenvalue weighted by Crippen LogP contribution is -2.26. The molecule has 0 heterocycles. The number of hydrogen-bond acceptors (Lipinski definition) is 20. The van der Waals surface area contributed by atoms with Crippen molar-refractivity contribution in [1.82, 2.24) is 0 Å². The second kappa shape index (κ2) is 22.4. The fourth-order valence-electron chi connectivity index (χ4n) is 3.61. The van der Waals surface area contributed by atoms with Crippen molar-refractivity contribution in [1.29, 1.82) is 0 Å². The maximum Gasteiger partial charge on any atom is 0.267 e. The predicted octanol–water partition coefficient (Wildman–Crippen LogP) is 0.730. The van der Waals surface area contributed by atoms with Gasteiger partial charge in [0.05, 0.1) is 23.7 Å². The Balaban J connectivity index is 2.34. The molecule has 0 aliphatic carbocycles. The molecule has 0 fully saturated rings. The van der Waals surface area contributed by atoms with Crippen molar-refractivity contribution in [3.8, 4) is 23.0 Å². The van der Waals surface area contributed by atoms with Gasteiger partial charge >= 0.3 is 0 Å². The zero-order valence-corrected chi connectivity index (χ0v) is 29.0. The molecule has 0 saturated heterocycles. The van der Waals surface area contributed by atoms with E-state index in [-0.39, 0.29) is 47.7 Å². The lowest BCUT2D eigenvalue weighted by atomic mass is 10.1. The quantitative estimate of drug-likeness (QED) is 0.0162. The summed E-state index contributed by atoms with van der Waals surface area (Å²) < 4.78 is 93.0. The first-order valence-corrected chi connectivity index (χ1v) is 18.9. The first-order chi connectivity index (χ1) is 23.5. The van der Waals surface area contributed by atoms with E-state index in [0.717, 1.165) is 0 Å². The lowest BCUT2D eigenvalue weighted by Gasteiger charge is -2.15. The van der Waals surface area contributed by atoms with E-state index < -0.39 is 69.4 Å². The van der Waals surface area contributed by atoms with Crippen LogP contribution in [0.25, 0.3) is 12.2 Å². The predicted molar refractivity (Wildman–Crippen MR) is 175 cm³/mol. The van der Waals surface area contributed by atoms with E-state index in [1.54, 1.807) is 12.2 Å².